The molecule has 0 bridgehead atoms. The average Bonchev–Trinajstić information content (AvgIpc) is 3.01. The van der Waals surface area contributed by atoms with Gasteiger partial charge in [0.05, 0.1) is 0 Å². The minimum atomic E-state index is -0.865. The zero-order valence-electron chi connectivity index (χ0n) is 24.5. The lowest BCUT2D eigenvalue weighted by molar-refractivity contribution is -0.133. The molecular formula is C35H39FN2O5. The van der Waals surface area contributed by atoms with E-state index in [0.717, 1.165) is 38.8 Å². The Balaban J connectivity index is 1.52. The fourth-order valence-electron chi connectivity index (χ4n) is 6.79. The van der Waals surface area contributed by atoms with Crippen molar-refractivity contribution in [3.05, 3.63) is 94.8 Å². The minimum absolute atomic E-state index is 0.0709. The second-order valence-corrected chi connectivity index (χ2v) is 11.9. The van der Waals surface area contributed by atoms with Crippen LogP contribution in [-0.2, 0) is 4.79 Å². The van der Waals surface area contributed by atoms with Gasteiger partial charge >= 0.3 is 0 Å². The van der Waals surface area contributed by atoms with Crippen LogP contribution in [0, 0.1) is 30.5 Å². The zero-order chi connectivity index (χ0) is 30.5. The molecule has 2 aliphatic rings. The number of phenolic OH excluding ortho intramolecular Hbond substituents is 2. The minimum Gasteiger partial charge on any atom is -0.508 e. The highest BCUT2D eigenvalue weighted by atomic mass is 19.1. The first kappa shape index (κ1) is 30.4. The monoisotopic (exact) mass is 586 g/mol. The highest BCUT2D eigenvalue weighted by Gasteiger charge is 2.46. The van der Waals surface area contributed by atoms with Gasteiger partial charge in [-0.1, -0.05) is 36.4 Å². The molecule has 2 heterocycles. The van der Waals surface area contributed by atoms with Crippen molar-refractivity contribution >= 4 is 17.5 Å². The molecule has 7 nitrogen and oxygen atoms in total. The summed E-state index contributed by atoms with van der Waals surface area (Å²) in [4.78, 5) is 43.6. The number of aromatic hydroxyl groups is 2. The summed E-state index contributed by atoms with van der Waals surface area (Å²) in [5.74, 6) is -3.25. The molecular weight excluding hydrogens is 547 g/mol. The molecule has 5 rings (SSSR count). The predicted molar refractivity (Wildman–Crippen MR) is 162 cm³/mol. The number of phenols is 2. The van der Waals surface area contributed by atoms with Crippen molar-refractivity contribution in [2.75, 3.05) is 26.2 Å². The quantitative estimate of drug-likeness (QED) is 0.280. The highest BCUT2D eigenvalue weighted by molar-refractivity contribution is 6.03. The first-order chi connectivity index (χ1) is 20.7. The Labute approximate surface area is 251 Å². The van der Waals surface area contributed by atoms with Gasteiger partial charge in [-0.25, -0.2) is 4.39 Å². The molecule has 8 heteroatoms. The zero-order valence-corrected chi connectivity index (χ0v) is 24.5. The second kappa shape index (κ2) is 13.5. The number of amides is 1. The number of hydrogen-bond acceptors (Lipinski definition) is 6. The third-order valence-electron chi connectivity index (χ3n) is 9.12. The standard InChI is InChI=1S/C35H39FN2O5/c1-22-28(11-5-12-31(22)36)33-29(34(42)24-7-3-9-26(39)18-24)20-38(32(41)13-2-6-23-14-16-37-17-15-23)21-30(33)35(43)25-8-4-10-27(40)19-25/h3-5,7-12,18-19,23,29-30,33,37,39-40H,2,6,13-17,20-21H2,1H3/t29-,30+,33?. The average molecular weight is 587 g/mol. The lowest BCUT2D eigenvalue weighted by Gasteiger charge is -2.43. The number of carbonyl (C=O) groups excluding carboxylic acids is 3. The summed E-state index contributed by atoms with van der Waals surface area (Å²) in [6.07, 6.45) is 4.17. The second-order valence-electron chi connectivity index (χ2n) is 11.9. The number of likely N-dealkylation sites (tertiary alicyclic amines) is 1. The van der Waals surface area contributed by atoms with Crippen molar-refractivity contribution in [3.8, 4) is 11.5 Å². The van der Waals surface area contributed by atoms with E-state index in [0.29, 0.717) is 23.5 Å². The van der Waals surface area contributed by atoms with Crippen molar-refractivity contribution in [2.24, 2.45) is 17.8 Å². The van der Waals surface area contributed by atoms with Crippen molar-refractivity contribution < 1.29 is 29.0 Å². The van der Waals surface area contributed by atoms with Gasteiger partial charge in [0, 0.05) is 48.4 Å². The van der Waals surface area contributed by atoms with Gasteiger partial charge in [-0.05, 0) is 93.1 Å². The summed E-state index contributed by atoms with van der Waals surface area (Å²) in [7, 11) is 0. The molecule has 1 unspecified atom stereocenters. The van der Waals surface area contributed by atoms with Crippen LogP contribution in [0.15, 0.2) is 66.7 Å². The van der Waals surface area contributed by atoms with E-state index in [-0.39, 0.29) is 53.2 Å². The Morgan fingerprint density at radius 2 is 1.42 bits per heavy atom. The van der Waals surface area contributed by atoms with Gasteiger partial charge < -0.3 is 20.4 Å². The number of halogens is 1. The fraction of sp³-hybridized carbons (Fsp3) is 0.400. The number of hydrogen-bond donors (Lipinski definition) is 3. The van der Waals surface area contributed by atoms with Gasteiger partial charge in [0.1, 0.15) is 17.3 Å². The van der Waals surface area contributed by atoms with Gasteiger partial charge in [0.25, 0.3) is 0 Å². The Kier molecular flexibility index (Phi) is 9.56. The number of ketones is 2. The number of piperidine rings is 2. The Bertz CT molecular complexity index is 1420. The Hall–Kier alpha value is -4.04. The molecule has 2 aliphatic heterocycles. The number of nitrogens with one attached hydrogen (secondary N) is 1. The third-order valence-corrected chi connectivity index (χ3v) is 9.12. The summed E-state index contributed by atoms with van der Waals surface area (Å²) in [6, 6.07) is 16.7. The van der Waals surface area contributed by atoms with Crippen LogP contribution in [0.3, 0.4) is 0 Å². The molecule has 3 atom stereocenters. The van der Waals surface area contributed by atoms with Crippen LogP contribution in [0.2, 0.25) is 0 Å². The molecule has 2 saturated heterocycles. The number of carbonyl (C=O) groups is 3. The number of nitrogens with zero attached hydrogens (tertiary/aromatic N) is 1. The van der Waals surface area contributed by atoms with Crippen molar-refractivity contribution in [1.29, 1.82) is 0 Å². The van der Waals surface area contributed by atoms with Crippen molar-refractivity contribution in [2.45, 2.75) is 44.9 Å². The van der Waals surface area contributed by atoms with Gasteiger partial charge in [0.2, 0.25) is 5.91 Å². The van der Waals surface area contributed by atoms with E-state index in [2.05, 4.69) is 5.32 Å². The van der Waals surface area contributed by atoms with E-state index in [1.54, 1.807) is 48.2 Å². The fourth-order valence-corrected chi connectivity index (χ4v) is 6.79. The first-order valence-corrected chi connectivity index (χ1v) is 15.1. The SMILES string of the molecule is Cc1c(F)cccc1C1[C@@H](C(=O)c2cccc(O)c2)CN(C(=O)CCCC2CCNCC2)C[C@H]1C(=O)c1cccc(O)c1. The largest absolute Gasteiger partial charge is 0.508 e. The van der Waals surface area contributed by atoms with Crippen LogP contribution in [0.1, 0.15) is 69.9 Å². The summed E-state index contributed by atoms with van der Waals surface area (Å²) < 4.78 is 14.9. The van der Waals surface area contributed by atoms with Crippen LogP contribution in [-0.4, -0.2) is 58.8 Å². The van der Waals surface area contributed by atoms with E-state index in [9.17, 15) is 29.0 Å². The topological polar surface area (TPSA) is 107 Å². The molecule has 3 aromatic rings. The van der Waals surface area contributed by atoms with Gasteiger partial charge in [-0.15, -0.1) is 0 Å². The Morgan fingerprint density at radius 3 is 1.98 bits per heavy atom. The van der Waals surface area contributed by atoms with Crippen molar-refractivity contribution in [3.63, 3.8) is 0 Å². The summed E-state index contributed by atoms with van der Waals surface area (Å²) in [5, 5.41) is 23.6. The molecule has 1 amide bonds. The lowest BCUT2D eigenvalue weighted by atomic mass is 9.67. The maximum Gasteiger partial charge on any atom is 0.222 e. The van der Waals surface area contributed by atoms with E-state index in [4.69, 9.17) is 0 Å². The van der Waals surface area contributed by atoms with Crippen LogP contribution in [0.25, 0.3) is 0 Å². The van der Waals surface area contributed by atoms with Crippen LogP contribution < -0.4 is 5.32 Å². The van der Waals surface area contributed by atoms with Crippen LogP contribution in [0.4, 0.5) is 4.39 Å². The summed E-state index contributed by atoms with van der Waals surface area (Å²) >= 11 is 0. The molecule has 3 N–H and O–H groups in total. The van der Waals surface area contributed by atoms with Crippen LogP contribution >= 0.6 is 0 Å². The van der Waals surface area contributed by atoms with Gasteiger partial charge in [0.15, 0.2) is 11.6 Å². The number of Topliss-reactive ketones (excluding diaryl/α,β-unsaturated/α-hetero) is 2. The molecule has 226 valence electrons. The highest BCUT2D eigenvalue weighted by Crippen LogP contribution is 2.43. The molecule has 0 saturated carbocycles. The van der Waals surface area contributed by atoms with E-state index >= 15 is 0 Å². The van der Waals surface area contributed by atoms with Crippen LogP contribution in [0.5, 0.6) is 11.5 Å². The number of rotatable bonds is 9. The smallest absolute Gasteiger partial charge is 0.222 e. The summed E-state index contributed by atoms with van der Waals surface area (Å²) in [6.45, 7) is 3.76. The number of benzene rings is 3. The molecule has 0 aromatic heterocycles. The van der Waals surface area contributed by atoms with Gasteiger partial charge in [-0.3, -0.25) is 14.4 Å². The Morgan fingerprint density at radius 1 is 0.860 bits per heavy atom. The van der Waals surface area contributed by atoms with E-state index in [1.165, 1.54) is 30.3 Å². The normalized spacial score (nSPS) is 21.0. The maximum atomic E-state index is 14.9. The molecule has 2 fully saturated rings. The molecule has 3 aromatic carbocycles. The van der Waals surface area contributed by atoms with Crippen molar-refractivity contribution in [1.82, 2.24) is 10.2 Å². The first-order valence-electron chi connectivity index (χ1n) is 15.1. The molecule has 0 spiro atoms. The molecule has 43 heavy (non-hydrogen) atoms. The van der Waals surface area contributed by atoms with Gasteiger partial charge in [-0.2, -0.15) is 0 Å². The molecule has 0 radical (unpaired) electrons. The molecule has 0 aliphatic carbocycles. The maximum absolute atomic E-state index is 14.9. The lowest BCUT2D eigenvalue weighted by Crippen LogP contribution is -2.52. The van der Waals surface area contributed by atoms with E-state index in [1.807, 2.05) is 0 Å². The van der Waals surface area contributed by atoms with E-state index < -0.39 is 23.6 Å². The predicted octanol–water partition coefficient (Wildman–Crippen LogP) is 5.64. The summed E-state index contributed by atoms with van der Waals surface area (Å²) in [5.41, 5.74) is 1.40. The third kappa shape index (κ3) is 6.96.